The highest BCUT2D eigenvalue weighted by molar-refractivity contribution is 5.89. The zero-order chi connectivity index (χ0) is 14.7. The highest BCUT2D eigenvalue weighted by atomic mass is 16.2. The number of likely N-dealkylation sites (N-methyl/N-ethyl adjacent to an activating group) is 1. The van der Waals surface area contributed by atoms with E-state index in [1.165, 1.54) is 0 Å². The van der Waals surface area contributed by atoms with Crippen molar-refractivity contribution in [1.29, 1.82) is 0 Å². The Morgan fingerprint density at radius 2 is 2.20 bits per heavy atom. The normalized spacial score (nSPS) is 26.9. The molecule has 0 bridgehead atoms. The van der Waals surface area contributed by atoms with Crippen LogP contribution in [-0.2, 0) is 9.59 Å². The van der Waals surface area contributed by atoms with Gasteiger partial charge in [-0.25, -0.2) is 0 Å². The number of hydrogen-bond donors (Lipinski definition) is 1. The fraction of sp³-hybridized carbons (Fsp3) is 0.857. The second-order valence-corrected chi connectivity index (χ2v) is 6.11. The van der Waals surface area contributed by atoms with Crippen LogP contribution in [-0.4, -0.2) is 79.4 Å². The fourth-order valence-corrected chi connectivity index (χ4v) is 3.08. The van der Waals surface area contributed by atoms with E-state index in [0.29, 0.717) is 26.1 Å². The Morgan fingerprint density at radius 1 is 1.45 bits per heavy atom. The first-order valence-corrected chi connectivity index (χ1v) is 7.46. The molecule has 6 heteroatoms. The zero-order valence-electron chi connectivity index (χ0n) is 12.5. The van der Waals surface area contributed by atoms with Crippen molar-refractivity contribution in [2.75, 3.05) is 46.8 Å². The molecule has 0 aromatic heterocycles. The van der Waals surface area contributed by atoms with Gasteiger partial charge in [-0.1, -0.05) is 0 Å². The number of rotatable bonds is 5. The number of hydrogen-bond acceptors (Lipinski definition) is 4. The van der Waals surface area contributed by atoms with Crippen molar-refractivity contribution in [2.45, 2.75) is 25.3 Å². The number of likely N-dealkylation sites (tertiary alicyclic amines) is 2. The summed E-state index contributed by atoms with van der Waals surface area (Å²) in [6.45, 7) is 3.43. The van der Waals surface area contributed by atoms with E-state index < -0.39 is 0 Å². The van der Waals surface area contributed by atoms with Gasteiger partial charge in [-0.15, -0.1) is 0 Å². The van der Waals surface area contributed by atoms with Gasteiger partial charge in [-0.05, 0) is 26.9 Å². The van der Waals surface area contributed by atoms with E-state index >= 15 is 0 Å². The van der Waals surface area contributed by atoms with E-state index in [0.717, 1.165) is 25.9 Å². The Kier molecular flexibility index (Phi) is 4.99. The molecule has 0 aromatic carbocycles. The van der Waals surface area contributed by atoms with Crippen molar-refractivity contribution < 1.29 is 9.59 Å². The summed E-state index contributed by atoms with van der Waals surface area (Å²) < 4.78 is 0. The van der Waals surface area contributed by atoms with E-state index in [2.05, 4.69) is 0 Å². The van der Waals surface area contributed by atoms with Gasteiger partial charge < -0.3 is 20.4 Å². The van der Waals surface area contributed by atoms with Crippen LogP contribution >= 0.6 is 0 Å². The Labute approximate surface area is 120 Å². The zero-order valence-corrected chi connectivity index (χ0v) is 12.5. The lowest BCUT2D eigenvalue weighted by molar-refractivity contribution is -0.136. The molecule has 0 spiro atoms. The second kappa shape index (κ2) is 6.54. The quantitative estimate of drug-likeness (QED) is 0.727. The monoisotopic (exact) mass is 282 g/mol. The van der Waals surface area contributed by atoms with Gasteiger partial charge in [0.1, 0.15) is 0 Å². The molecule has 2 atom stereocenters. The van der Waals surface area contributed by atoms with Crippen LogP contribution in [0.5, 0.6) is 0 Å². The van der Waals surface area contributed by atoms with Crippen molar-refractivity contribution in [2.24, 2.45) is 11.7 Å². The molecule has 0 aliphatic carbocycles. The molecular formula is C14H26N4O2. The molecule has 0 aromatic rings. The molecule has 20 heavy (non-hydrogen) atoms. The number of nitrogens with zero attached hydrogens (tertiary/aromatic N) is 3. The molecule has 2 fully saturated rings. The van der Waals surface area contributed by atoms with Gasteiger partial charge in [0.2, 0.25) is 11.8 Å². The third-order valence-corrected chi connectivity index (χ3v) is 4.31. The number of amides is 2. The van der Waals surface area contributed by atoms with E-state index in [4.69, 9.17) is 5.73 Å². The highest BCUT2D eigenvalue weighted by Crippen LogP contribution is 2.24. The molecule has 2 heterocycles. The summed E-state index contributed by atoms with van der Waals surface area (Å²) in [5.41, 5.74) is 5.72. The van der Waals surface area contributed by atoms with E-state index in [1.807, 2.05) is 28.8 Å². The van der Waals surface area contributed by atoms with E-state index in [9.17, 15) is 9.59 Å². The molecule has 2 N–H and O–H groups in total. The highest BCUT2D eigenvalue weighted by Gasteiger charge is 2.39. The van der Waals surface area contributed by atoms with Crippen LogP contribution in [0.25, 0.3) is 0 Å². The topological polar surface area (TPSA) is 69.9 Å². The lowest BCUT2D eigenvalue weighted by atomic mass is 10.1. The lowest BCUT2D eigenvalue weighted by Gasteiger charge is -2.26. The van der Waals surface area contributed by atoms with Gasteiger partial charge in [0.05, 0.1) is 5.92 Å². The number of carbonyl (C=O) groups is 2. The molecule has 0 radical (unpaired) electrons. The fourth-order valence-electron chi connectivity index (χ4n) is 3.08. The van der Waals surface area contributed by atoms with E-state index in [1.54, 1.807) is 0 Å². The van der Waals surface area contributed by atoms with Crippen molar-refractivity contribution in [3.05, 3.63) is 0 Å². The first-order chi connectivity index (χ1) is 9.52. The van der Waals surface area contributed by atoms with Gasteiger partial charge in [-0.3, -0.25) is 9.59 Å². The Bertz CT molecular complexity index is 372. The van der Waals surface area contributed by atoms with Crippen molar-refractivity contribution >= 4 is 11.8 Å². The SMILES string of the molecule is CN(C)CCN1CC(C(=O)N2CCCC2CN)CC1=O. The Morgan fingerprint density at radius 3 is 2.85 bits per heavy atom. The van der Waals surface area contributed by atoms with Crippen LogP contribution in [0, 0.1) is 5.92 Å². The summed E-state index contributed by atoms with van der Waals surface area (Å²) in [7, 11) is 3.97. The summed E-state index contributed by atoms with van der Waals surface area (Å²) in [5.74, 6) is 0.0594. The molecular weight excluding hydrogens is 256 g/mol. The Hall–Kier alpha value is -1.14. The van der Waals surface area contributed by atoms with Crippen LogP contribution in [0.15, 0.2) is 0 Å². The smallest absolute Gasteiger partial charge is 0.228 e. The maximum absolute atomic E-state index is 12.5. The second-order valence-electron chi connectivity index (χ2n) is 6.11. The number of carbonyl (C=O) groups excluding carboxylic acids is 2. The largest absolute Gasteiger partial charge is 0.341 e. The summed E-state index contributed by atoms with van der Waals surface area (Å²) >= 11 is 0. The first kappa shape index (κ1) is 15.3. The standard InChI is InChI=1S/C14H26N4O2/c1-16(2)6-7-17-10-11(8-13(17)19)14(20)18-5-3-4-12(18)9-15/h11-12H,3-10,15H2,1-2H3. The number of nitrogens with two attached hydrogens (primary N) is 1. The molecule has 2 aliphatic heterocycles. The van der Waals surface area contributed by atoms with Crippen LogP contribution in [0.2, 0.25) is 0 Å². The van der Waals surface area contributed by atoms with Crippen molar-refractivity contribution in [3.8, 4) is 0 Å². The predicted molar refractivity (Wildman–Crippen MR) is 77.0 cm³/mol. The molecule has 0 saturated carbocycles. The van der Waals surface area contributed by atoms with Crippen LogP contribution < -0.4 is 5.73 Å². The molecule has 2 aliphatic rings. The molecule has 2 amide bonds. The lowest BCUT2D eigenvalue weighted by Crippen LogP contribution is -2.43. The summed E-state index contributed by atoms with van der Waals surface area (Å²) in [4.78, 5) is 30.3. The maximum Gasteiger partial charge on any atom is 0.228 e. The van der Waals surface area contributed by atoms with Gasteiger partial charge in [0.15, 0.2) is 0 Å². The average molecular weight is 282 g/mol. The molecule has 114 valence electrons. The first-order valence-electron chi connectivity index (χ1n) is 7.46. The van der Waals surface area contributed by atoms with Gasteiger partial charge in [-0.2, -0.15) is 0 Å². The minimum atomic E-state index is -0.170. The summed E-state index contributed by atoms with van der Waals surface area (Å²) in [6.07, 6.45) is 2.38. The van der Waals surface area contributed by atoms with E-state index in [-0.39, 0.29) is 23.8 Å². The summed E-state index contributed by atoms with van der Waals surface area (Å²) in [5, 5.41) is 0. The minimum absolute atomic E-state index is 0.105. The van der Waals surface area contributed by atoms with Gasteiger partial charge in [0, 0.05) is 45.2 Å². The van der Waals surface area contributed by atoms with Crippen LogP contribution in [0.1, 0.15) is 19.3 Å². The molecule has 6 nitrogen and oxygen atoms in total. The molecule has 2 rings (SSSR count). The van der Waals surface area contributed by atoms with Crippen LogP contribution in [0.4, 0.5) is 0 Å². The molecule has 2 saturated heterocycles. The third-order valence-electron chi connectivity index (χ3n) is 4.31. The van der Waals surface area contributed by atoms with Crippen molar-refractivity contribution in [3.63, 3.8) is 0 Å². The van der Waals surface area contributed by atoms with Crippen LogP contribution in [0.3, 0.4) is 0 Å². The van der Waals surface area contributed by atoms with Gasteiger partial charge in [0.25, 0.3) is 0 Å². The summed E-state index contributed by atoms with van der Waals surface area (Å²) in [6, 6.07) is 0.174. The Balaban J connectivity index is 1.90. The minimum Gasteiger partial charge on any atom is -0.341 e. The van der Waals surface area contributed by atoms with Gasteiger partial charge >= 0.3 is 0 Å². The maximum atomic E-state index is 12.5. The third kappa shape index (κ3) is 3.30. The predicted octanol–water partition coefficient (Wildman–Crippen LogP) is -0.654. The average Bonchev–Trinajstić information content (AvgIpc) is 3.01. The van der Waals surface area contributed by atoms with Crippen molar-refractivity contribution in [1.82, 2.24) is 14.7 Å². The molecule has 2 unspecified atom stereocenters.